The summed E-state index contributed by atoms with van der Waals surface area (Å²) >= 11 is 0. The average Bonchev–Trinajstić information content (AvgIpc) is 2.31. The molecular formula is C7H11N3O. The fourth-order valence-corrected chi connectivity index (χ4v) is 1.16. The molecule has 2 heterocycles. The van der Waals surface area contributed by atoms with Gasteiger partial charge in [-0.3, -0.25) is 4.68 Å². The Kier molecular flexibility index (Phi) is 1.20. The van der Waals surface area contributed by atoms with Gasteiger partial charge in [0, 0.05) is 6.20 Å². The summed E-state index contributed by atoms with van der Waals surface area (Å²) in [6.07, 6.45) is 3.49. The van der Waals surface area contributed by atoms with Crippen molar-refractivity contribution in [1.29, 1.82) is 0 Å². The number of nitrogen functional groups attached to an aromatic ring is 1. The zero-order valence-corrected chi connectivity index (χ0v) is 6.45. The topological polar surface area (TPSA) is 53.1 Å². The molecule has 2 rings (SSSR count). The third-order valence-electron chi connectivity index (χ3n) is 1.98. The number of rotatable bonds is 1. The summed E-state index contributed by atoms with van der Waals surface area (Å²) in [6, 6.07) is 0. The van der Waals surface area contributed by atoms with Gasteiger partial charge in [-0.1, -0.05) is 0 Å². The molecule has 60 valence electrons. The summed E-state index contributed by atoms with van der Waals surface area (Å²) in [4.78, 5) is 0. The summed E-state index contributed by atoms with van der Waals surface area (Å²) in [5.74, 6) is 0. The first-order valence-corrected chi connectivity index (χ1v) is 3.59. The summed E-state index contributed by atoms with van der Waals surface area (Å²) in [7, 11) is 0. The Labute approximate surface area is 64.9 Å². The van der Waals surface area contributed by atoms with Crippen molar-refractivity contribution < 1.29 is 4.74 Å². The molecule has 1 saturated heterocycles. The Morgan fingerprint density at radius 3 is 2.82 bits per heavy atom. The van der Waals surface area contributed by atoms with Crippen molar-refractivity contribution in [3.8, 4) is 0 Å². The van der Waals surface area contributed by atoms with Crippen molar-refractivity contribution in [2.45, 2.75) is 12.5 Å². The van der Waals surface area contributed by atoms with E-state index in [0.29, 0.717) is 5.69 Å². The van der Waals surface area contributed by atoms with Crippen molar-refractivity contribution in [3.63, 3.8) is 0 Å². The maximum atomic E-state index is 5.53. The Hall–Kier alpha value is -1.03. The molecular weight excluding hydrogens is 142 g/mol. The number of hydrogen-bond acceptors (Lipinski definition) is 3. The van der Waals surface area contributed by atoms with E-state index in [0.717, 1.165) is 13.2 Å². The maximum absolute atomic E-state index is 5.53. The second-order valence-electron chi connectivity index (χ2n) is 3.21. The lowest BCUT2D eigenvalue weighted by Crippen LogP contribution is -2.49. The van der Waals surface area contributed by atoms with E-state index in [-0.39, 0.29) is 5.54 Å². The van der Waals surface area contributed by atoms with Gasteiger partial charge in [-0.25, -0.2) is 0 Å². The first-order chi connectivity index (χ1) is 5.21. The van der Waals surface area contributed by atoms with E-state index >= 15 is 0 Å². The third-order valence-corrected chi connectivity index (χ3v) is 1.98. The van der Waals surface area contributed by atoms with E-state index in [1.807, 2.05) is 10.9 Å². The fourth-order valence-electron chi connectivity index (χ4n) is 1.16. The summed E-state index contributed by atoms with van der Waals surface area (Å²) in [6.45, 7) is 3.56. The number of nitrogens with two attached hydrogens (primary N) is 1. The lowest BCUT2D eigenvalue weighted by molar-refractivity contribution is -0.0957. The standard InChI is InChI=1S/C7H11N3O/c1-7(4-11-5-7)10-3-6(8)2-9-10/h2-3H,4-5,8H2,1H3. The van der Waals surface area contributed by atoms with Crippen molar-refractivity contribution in [3.05, 3.63) is 12.4 Å². The molecule has 0 bridgehead atoms. The van der Waals surface area contributed by atoms with Crippen LogP contribution < -0.4 is 5.73 Å². The van der Waals surface area contributed by atoms with E-state index in [1.165, 1.54) is 0 Å². The van der Waals surface area contributed by atoms with Gasteiger partial charge in [-0.15, -0.1) is 0 Å². The van der Waals surface area contributed by atoms with Crippen LogP contribution in [0.25, 0.3) is 0 Å². The lowest BCUT2D eigenvalue weighted by atomic mass is 10.0. The molecule has 0 unspecified atom stereocenters. The number of ether oxygens (including phenoxy) is 1. The minimum Gasteiger partial charge on any atom is -0.396 e. The quantitative estimate of drug-likeness (QED) is 0.627. The van der Waals surface area contributed by atoms with Gasteiger partial charge < -0.3 is 10.5 Å². The molecule has 0 saturated carbocycles. The lowest BCUT2D eigenvalue weighted by Gasteiger charge is -2.38. The molecule has 1 aliphatic heterocycles. The van der Waals surface area contributed by atoms with Crippen LogP contribution in [0.15, 0.2) is 12.4 Å². The highest BCUT2D eigenvalue weighted by molar-refractivity contribution is 5.31. The highest BCUT2D eigenvalue weighted by Gasteiger charge is 2.35. The monoisotopic (exact) mass is 153 g/mol. The first-order valence-electron chi connectivity index (χ1n) is 3.59. The van der Waals surface area contributed by atoms with Crippen LogP contribution in [0.2, 0.25) is 0 Å². The van der Waals surface area contributed by atoms with Gasteiger partial charge in [-0.2, -0.15) is 5.10 Å². The van der Waals surface area contributed by atoms with Crippen molar-refractivity contribution in [2.24, 2.45) is 0 Å². The van der Waals surface area contributed by atoms with Crippen LogP contribution in [0.4, 0.5) is 5.69 Å². The predicted octanol–water partition coefficient (Wildman–Crippen LogP) is 0.211. The number of aromatic nitrogens is 2. The van der Waals surface area contributed by atoms with Gasteiger partial charge in [-0.05, 0) is 6.92 Å². The number of nitrogens with zero attached hydrogens (tertiary/aromatic N) is 2. The van der Waals surface area contributed by atoms with Crippen LogP contribution in [0.3, 0.4) is 0 Å². The highest BCUT2D eigenvalue weighted by Crippen LogP contribution is 2.24. The minimum atomic E-state index is 0.0393. The van der Waals surface area contributed by atoms with Crippen molar-refractivity contribution in [1.82, 2.24) is 9.78 Å². The molecule has 0 spiro atoms. The summed E-state index contributed by atoms with van der Waals surface area (Å²) in [5.41, 5.74) is 6.28. The average molecular weight is 153 g/mol. The largest absolute Gasteiger partial charge is 0.396 e. The molecule has 0 amide bonds. The molecule has 1 aromatic heterocycles. The SMILES string of the molecule is CC1(n2cc(N)cn2)COC1. The molecule has 1 aliphatic rings. The minimum absolute atomic E-state index is 0.0393. The van der Waals surface area contributed by atoms with E-state index in [4.69, 9.17) is 10.5 Å². The van der Waals surface area contributed by atoms with Gasteiger partial charge >= 0.3 is 0 Å². The molecule has 1 aromatic rings. The third kappa shape index (κ3) is 0.903. The summed E-state index contributed by atoms with van der Waals surface area (Å²) in [5, 5.41) is 4.12. The molecule has 1 fully saturated rings. The molecule has 4 nitrogen and oxygen atoms in total. The van der Waals surface area contributed by atoms with Crippen LogP contribution in [0, 0.1) is 0 Å². The van der Waals surface area contributed by atoms with Crippen LogP contribution in [0.1, 0.15) is 6.92 Å². The van der Waals surface area contributed by atoms with Crippen LogP contribution >= 0.6 is 0 Å². The van der Waals surface area contributed by atoms with E-state index in [9.17, 15) is 0 Å². The van der Waals surface area contributed by atoms with Crippen LogP contribution in [0.5, 0.6) is 0 Å². The van der Waals surface area contributed by atoms with Gasteiger partial charge in [0.1, 0.15) is 5.54 Å². The fraction of sp³-hybridized carbons (Fsp3) is 0.571. The first kappa shape index (κ1) is 6.67. The highest BCUT2D eigenvalue weighted by atomic mass is 16.5. The van der Waals surface area contributed by atoms with Gasteiger partial charge in [0.05, 0.1) is 25.1 Å². The van der Waals surface area contributed by atoms with E-state index < -0.39 is 0 Å². The molecule has 2 N–H and O–H groups in total. The van der Waals surface area contributed by atoms with E-state index in [2.05, 4.69) is 12.0 Å². The van der Waals surface area contributed by atoms with Crippen LogP contribution in [-0.4, -0.2) is 23.0 Å². The van der Waals surface area contributed by atoms with Gasteiger partial charge in [0.2, 0.25) is 0 Å². The zero-order chi connectivity index (χ0) is 7.90. The number of anilines is 1. The number of hydrogen-bond donors (Lipinski definition) is 1. The Morgan fingerprint density at radius 2 is 2.45 bits per heavy atom. The molecule has 11 heavy (non-hydrogen) atoms. The van der Waals surface area contributed by atoms with Crippen molar-refractivity contribution >= 4 is 5.69 Å². The second-order valence-corrected chi connectivity index (χ2v) is 3.21. The second kappa shape index (κ2) is 1.98. The molecule has 0 radical (unpaired) electrons. The normalized spacial score (nSPS) is 21.2. The Bertz CT molecular complexity index is 264. The van der Waals surface area contributed by atoms with Gasteiger partial charge in [0.15, 0.2) is 0 Å². The van der Waals surface area contributed by atoms with Crippen molar-refractivity contribution in [2.75, 3.05) is 18.9 Å². The van der Waals surface area contributed by atoms with Crippen LogP contribution in [-0.2, 0) is 10.3 Å². The zero-order valence-electron chi connectivity index (χ0n) is 6.45. The maximum Gasteiger partial charge on any atom is 0.106 e. The predicted molar refractivity (Wildman–Crippen MR) is 41.1 cm³/mol. The molecule has 0 aromatic carbocycles. The molecule has 4 heteroatoms. The van der Waals surface area contributed by atoms with E-state index in [1.54, 1.807) is 6.20 Å². The molecule has 0 aliphatic carbocycles. The summed E-state index contributed by atoms with van der Waals surface area (Å²) < 4.78 is 6.97. The molecule has 0 atom stereocenters. The van der Waals surface area contributed by atoms with Gasteiger partial charge in [0.25, 0.3) is 0 Å². The Morgan fingerprint density at radius 1 is 1.73 bits per heavy atom. The smallest absolute Gasteiger partial charge is 0.106 e. The Balaban J connectivity index is 2.28.